The summed E-state index contributed by atoms with van der Waals surface area (Å²) in [6, 6.07) is 0. The molecule has 2 N–H and O–H groups in total. The average molecular weight is 248 g/mol. The maximum atomic E-state index is 9.79. The quantitative estimate of drug-likeness (QED) is 0.464. The summed E-state index contributed by atoms with van der Waals surface area (Å²) in [4.78, 5) is 19.5. The largest absolute Gasteiger partial charge is 0.550 e. The fourth-order valence-corrected chi connectivity index (χ4v) is 0.939. The molecule has 6 heteroatoms. The highest BCUT2D eigenvalue weighted by atomic mass is 16.4. The molecule has 0 saturated carbocycles. The number of carbonyl (C=O) groups is 2. The van der Waals surface area contributed by atoms with Gasteiger partial charge in [0.1, 0.15) is 0 Å². The SMILES string of the molecule is O=C([O-])CCCCCO.O=C([O-])CCCCO. The van der Waals surface area contributed by atoms with E-state index < -0.39 is 11.9 Å². The molecule has 0 aromatic rings. The van der Waals surface area contributed by atoms with Crippen LogP contribution < -0.4 is 10.2 Å². The van der Waals surface area contributed by atoms with Crippen LogP contribution in [0.2, 0.25) is 0 Å². The molecule has 0 spiro atoms. The lowest BCUT2D eigenvalue weighted by atomic mass is 10.2. The Kier molecular flexibility index (Phi) is 15.9. The summed E-state index contributed by atoms with van der Waals surface area (Å²) in [5, 5.41) is 35.9. The Morgan fingerprint density at radius 2 is 1.06 bits per heavy atom. The number of carbonyl (C=O) groups excluding carboxylic acids is 2. The highest BCUT2D eigenvalue weighted by Gasteiger charge is 1.87. The molecule has 0 radical (unpaired) electrons. The van der Waals surface area contributed by atoms with Crippen LogP contribution in [-0.2, 0) is 9.59 Å². The number of carboxylic acids is 2. The summed E-state index contributed by atoms with van der Waals surface area (Å²) >= 11 is 0. The van der Waals surface area contributed by atoms with Crippen molar-refractivity contribution in [2.45, 2.75) is 44.9 Å². The van der Waals surface area contributed by atoms with E-state index in [1.807, 2.05) is 0 Å². The zero-order chi connectivity index (χ0) is 13.5. The van der Waals surface area contributed by atoms with E-state index in [0.717, 1.165) is 6.42 Å². The molecule has 0 atom stereocenters. The van der Waals surface area contributed by atoms with Crippen LogP contribution in [0.25, 0.3) is 0 Å². The molecule has 0 aromatic carbocycles. The highest BCUT2D eigenvalue weighted by molar-refractivity contribution is 5.64. The molecule has 0 heterocycles. The van der Waals surface area contributed by atoms with Gasteiger partial charge in [0.25, 0.3) is 0 Å². The van der Waals surface area contributed by atoms with Crippen LogP contribution in [0.15, 0.2) is 0 Å². The van der Waals surface area contributed by atoms with Crippen molar-refractivity contribution in [3.05, 3.63) is 0 Å². The zero-order valence-electron chi connectivity index (χ0n) is 9.89. The molecule has 0 amide bonds. The van der Waals surface area contributed by atoms with Crippen molar-refractivity contribution in [2.75, 3.05) is 13.2 Å². The topological polar surface area (TPSA) is 121 Å². The van der Waals surface area contributed by atoms with Gasteiger partial charge in [-0.3, -0.25) is 0 Å². The summed E-state index contributed by atoms with van der Waals surface area (Å²) in [7, 11) is 0. The first-order valence-electron chi connectivity index (χ1n) is 5.66. The highest BCUT2D eigenvalue weighted by Crippen LogP contribution is 1.96. The fraction of sp³-hybridized carbons (Fsp3) is 0.818. The molecule has 0 fully saturated rings. The Hall–Kier alpha value is -1.14. The lowest BCUT2D eigenvalue weighted by molar-refractivity contribution is -0.307. The summed E-state index contributed by atoms with van der Waals surface area (Å²) < 4.78 is 0. The Morgan fingerprint density at radius 1 is 0.706 bits per heavy atom. The van der Waals surface area contributed by atoms with Crippen molar-refractivity contribution < 1.29 is 30.0 Å². The molecule has 0 aliphatic rings. The van der Waals surface area contributed by atoms with Gasteiger partial charge in [-0.25, -0.2) is 0 Å². The number of rotatable bonds is 9. The predicted molar refractivity (Wildman–Crippen MR) is 56.5 cm³/mol. The van der Waals surface area contributed by atoms with E-state index in [-0.39, 0.29) is 26.1 Å². The second-order valence-electron chi connectivity index (χ2n) is 3.46. The molecule has 6 nitrogen and oxygen atoms in total. The summed E-state index contributed by atoms with van der Waals surface area (Å²) in [6.45, 7) is 0.209. The lowest BCUT2D eigenvalue weighted by Gasteiger charge is -1.98. The minimum Gasteiger partial charge on any atom is -0.550 e. The average Bonchev–Trinajstić information content (AvgIpc) is 2.25. The Morgan fingerprint density at radius 3 is 1.41 bits per heavy atom. The molecular formula is C11H20O6-2. The maximum Gasteiger partial charge on any atom is 0.0431 e. The minimum atomic E-state index is -1.04. The number of aliphatic hydroxyl groups is 2. The molecule has 102 valence electrons. The van der Waals surface area contributed by atoms with Gasteiger partial charge >= 0.3 is 0 Å². The fourth-order valence-electron chi connectivity index (χ4n) is 0.939. The predicted octanol–water partition coefficient (Wildman–Crippen LogP) is -1.81. The van der Waals surface area contributed by atoms with Crippen molar-refractivity contribution in [2.24, 2.45) is 0 Å². The van der Waals surface area contributed by atoms with Crippen LogP contribution in [0.5, 0.6) is 0 Å². The summed E-state index contributed by atoms with van der Waals surface area (Å²) in [6.07, 6.45) is 3.30. The van der Waals surface area contributed by atoms with Gasteiger partial charge in [-0.15, -0.1) is 0 Å². The zero-order valence-corrected chi connectivity index (χ0v) is 9.89. The Labute approximate surface area is 101 Å². The van der Waals surface area contributed by atoms with E-state index in [9.17, 15) is 19.8 Å². The third-order valence-corrected chi connectivity index (χ3v) is 1.83. The van der Waals surface area contributed by atoms with Crippen molar-refractivity contribution in [3.8, 4) is 0 Å². The van der Waals surface area contributed by atoms with Crippen molar-refractivity contribution in [1.82, 2.24) is 0 Å². The van der Waals surface area contributed by atoms with Crippen LogP contribution in [0.3, 0.4) is 0 Å². The minimum absolute atomic E-state index is 0.0561. The van der Waals surface area contributed by atoms with Gasteiger partial charge in [0.2, 0.25) is 0 Å². The lowest BCUT2D eigenvalue weighted by Crippen LogP contribution is -2.21. The molecule has 0 saturated heterocycles. The molecular weight excluding hydrogens is 228 g/mol. The van der Waals surface area contributed by atoms with Crippen molar-refractivity contribution in [1.29, 1.82) is 0 Å². The van der Waals surface area contributed by atoms with E-state index in [1.165, 1.54) is 0 Å². The first-order valence-corrected chi connectivity index (χ1v) is 5.66. The van der Waals surface area contributed by atoms with Crippen LogP contribution in [0, 0.1) is 0 Å². The van der Waals surface area contributed by atoms with Crippen LogP contribution >= 0.6 is 0 Å². The third kappa shape index (κ3) is 25.3. The van der Waals surface area contributed by atoms with Gasteiger partial charge in [-0.1, -0.05) is 6.42 Å². The van der Waals surface area contributed by atoms with Crippen LogP contribution in [-0.4, -0.2) is 35.4 Å². The standard InChI is InChI=1S/C6H12O3.C5H10O3/c7-5-3-1-2-4-6(8)9;6-4-2-1-3-5(7)8/h7H,1-5H2,(H,8,9);6H,1-4H2,(H,7,8)/p-2. The third-order valence-electron chi connectivity index (χ3n) is 1.83. The van der Waals surface area contributed by atoms with E-state index in [2.05, 4.69) is 0 Å². The maximum absolute atomic E-state index is 9.79. The van der Waals surface area contributed by atoms with Gasteiger partial charge < -0.3 is 30.0 Å². The van der Waals surface area contributed by atoms with E-state index in [1.54, 1.807) is 0 Å². The normalized spacial score (nSPS) is 9.29. The molecule has 0 unspecified atom stereocenters. The number of carboxylic acid groups (broad SMARTS) is 2. The Balaban J connectivity index is 0. The van der Waals surface area contributed by atoms with Crippen molar-refractivity contribution in [3.63, 3.8) is 0 Å². The van der Waals surface area contributed by atoms with E-state index in [0.29, 0.717) is 25.7 Å². The molecule has 0 aliphatic heterocycles. The molecule has 0 bridgehead atoms. The number of unbranched alkanes of at least 4 members (excludes halogenated alkanes) is 3. The Bertz CT molecular complexity index is 192. The number of aliphatic hydroxyl groups excluding tert-OH is 2. The number of hydrogen-bond donors (Lipinski definition) is 2. The van der Waals surface area contributed by atoms with Gasteiger partial charge in [0.15, 0.2) is 0 Å². The monoisotopic (exact) mass is 248 g/mol. The molecule has 0 aliphatic carbocycles. The van der Waals surface area contributed by atoms with Gasteiger partial charge in [-0.2, -0.15) is 0 Å². The van der Waals surface area contributed by atoms with E-state index in [4.69, 9.17) is 10.2 Å². The first-order chi connectivity index (χ1) is 8.04. The van der Waals surface area contributed by atoms with Gasteiger partial charge in [-0.05, 0) is 38.5 Å². The molecule has 0 aromatic heterocycles. The van der Waals surface area contributed by atoms with Crippen molar-refractivity contribution >= 4 is 11.9 Å². The molecule has 17 heavy (non-hydrogen) atoms. The smallest absolute Gasteiger partial charge is 0.0431 e. The van der Waals surface area contributed by atoms with Gasteiger partial charge in [0, 0.05) is 25.2 Å². The summed E-state index contributed by atoms with van der Waals surface area (Å²) in [5.74, 6) is -2.05. The number of hydrogen-bond acceptors (Lipinski definition) is 6. The second kappa shape index (κ2) is 14.9. The second-order valence-corrected chi connectivity index (χ2v) is 3.46. The number of aliphatic carboxylic acids is 2. The van der Waals surface area contributed by atoms with E-state index >= 15 is 0 Å². The van der Waals surface area contributed by atoms with Gasteiger partial charge in [0.05, 0.1) is 0 Å². The summed E-state index contributed by atoms with van der Waals surface area (Å²) in [5.41, 5.74) is 0. The molecule has 0 rings (SSSR count). The first kappa shape index (κ1) is 18.2. The van der Waals surface area contributed by atoms with Crippen LogP contribution in [0.1, 0.15) is 44.9 Å². The van der Waals surface area contributed by atoms with Crippen LogP contribution in [0.4, 0.5) is 0 Å².